The first kappa shape index (κ1) is 13.8. The number of rotatable bonds is 0. The third-order valence-corrected chi connectivity index (χ3v) is 4.16. The molecule has 0 atom stereocenters. The number of likely N-dealkylation sites (tertiary alicyclic amines) is 2. The first-order valence-corrected chi connectivity index (χ1v) is 6.77. The summed E-state index contributed by atoms with van der Waals surface area (Å²) >= 11 is 0. The second-order valence-corrected chi connectivity index (χ2v) is 5.92. The summed E-state index contributed by atoms with van der Waals surface area (Å²) in [6, 6.07) is 0. The molecule has 0 unspecified atom stereocenters. The summed E-state index contributed by atoms with van der Waals surface area (Å²) in [5, 5.41) is 20.7. The third kappa shape index (κ3) is 3.46. The molecule has 2 heterocycles. The highest BCUT2D eigenvalue weighted by Crippen LogP contribution is 2.24. The molecule has 2 saturated heterocycles. The van der Waals surface area contributed by atoms with E-state index in [4.69, 9.17) is 0 Å². The van der Waals surface area contributed by atoms with Crippen molar-refractivity contribution in [2.24, 2.45) is 0 Å². The van der Waals surface area contributed by atoms with Crippen molar-refractivity contribution >= 4 is 0 Å². The van der Waals surface area contributed by atoms with E-state index in [1.807, 2.05) is 0 Å². The third-order valence-electron chi connectivity index (χ3n) is 4.16. The first-order chi connectivity index (χ1) is 8.41. The van der Waals surface area contributed by atoms with Gasteiger partial charge in [-0.1, -0.05) is 11.8 Å². The molecule has 0 spiro atoms. The maximum atomic E-state index is 10.4. The van der Waals surface area contributed by atoms with Gasteiger partial charge in [0.15, 0.2) is 0 Å². The van der Waals surface area contributed by atoms with Crippen LogP contribution in [0.4, 0.5) is 0 Å². The van der Waals surface area contributed by atoms with Gasteiger partial charge in [0.25, 0.3) is 0 Å². The molecule has 0 aromatic rings. The summed E-state index contributed by atoms with van der Waals surface area (Å²) in [7, 11) is 4.11. The van der Waals surface area contributed by atoms with Gasteiger partial charge in [0.1, 0.15) is 11.2 Å². The number of piperidine rings is 2. The van der Waals surface area contributed by atoms with Crippen LogP contribution in [0.1, 0.15) is 25.7 Å². The average molecular weight is 252 g/mol. The van der Waals surface area contributed by atoms with Gasteiger partial charge in [-0.3, -0.25) is 0 Å². The highest BCUT2D eigenvalue weighted by Gasteiger charge is 2.32. The minimum Gasteiger partial charge on any atom is -0.378 e. The minimum atomic E-state index is -0.897. The molecule has 4 heteroatoms. The van der Waals surface area contributed by atoms with Gasteiger partial charge in [-0.15, -0.1) is 0 Å². The van der Waals surface area contributed by atoms with Crippen LogP contribution in [0, 0.1) is 11.8 Å². The zero-order valence-electron chi connectivity index (χ0n) is 11.4. The van der Waals surface area contributed by atoms with Crippen molar-refractivity contribution in [3.05, 3.63) is 0 Å². The van der Waals surface area contributed by atoms with Crippen LogP contribution < -0.4 is 0 Å². The fraction of sp³-hybridized carbons (Fsp3) is 0.857. The lowest BCUT2D eigenvalue weighted by atomic mass is 9.88. The molecule has 0 bridgehead atoms. The smallest absolute Gasteiger partial charge is 0.128 e. The second kappa shape index (κ2) is 5.18. The van der Waals surface area contributed by atoms with Crippen LogP contribution in [-0.2, 0) is 0 Å². The number of nitrogens with zero attached hydrogens (tertiary/aromatic N) is 2. The summed E-state index contributed by atoms with van der Waals surface area (Å²) in [4.78, 5) is 4.39. The highest BCUT2D eigenvalue weighted by atomic mass is 16.3. The fourth-order valence-electron chi connectivity index (χ4n) is 2.46. The van der Waals surface area contributed by atoms with Gasteiger partial charge in [0, 0.05) is 51.9 Å². The second-order valence-electron chi connectivity index (χ2n) is 5.92. The van der Waals surface area contributed by atoms with Gasteiger partial charge in [-0.25, -0.2) is 0 Å². The lowest BCUT2D eigenvalue weighted by Gasteiger charge is -2.35. The van der Waals surface area contributed by atoms with Crippen LogP contribution in [0.2, 0.25) is 0 Å². The van der Waals surface area contributed by atoms with E-state index in [-0.39, 0.29) is 0 Å². The van der Waals surface area contributed by atoms with Crippen molar-refractivity contribution in [2.45, 2.75) is 36.9 Å². The number of hydrogen-bond donors (Lipinski definition) is 2. The summed E-state index contributed by atoms with van der Waals surface area (Å²) in [5.41, 5.74) is -1.79. The fourth-order valence-corrected chi connectivity index (χ4v) is 2.46. The zero-order chi connectivity index (χ0) is 13.2. The van der Waals surface area contributed by atoms with Crippen LogP contribution in [0.5, 0.6) is 0 Å². The maximum absolute atomic E-state index is 10.4. The van der Waals surface area contributed by atoms with Crippen molar-refractivity contribution in [3.8, 4) is 11.8 Å². The van der Waals surface area contributed by atoms with Gasteiger partial charge < -0.3 is 20.0 Å². The maximum Gasteiger partial charge on any atom is 0.128 e. The largest absolute Gasteiger partial charge is 0.378 e. The lowest BCUT2D eigenvalue weighted by molar-refractivity contribution is 0.0252. The van der Waals surface area contributed by atoms with Crippen molar-refractivity contribution in [3.63, 3.8) is 0 Å². The Morgan fingerprint density at radius 3 is 1.28 bits per heavy atom. The summed E-state index contributed by atoms with van der Waals surface area (Å²) in [5.74, 6) is 5.91. The van der Waals surface area contributed by atoms with Crippen LogP contribution in [0.25, 0.3) is 0 Å². The van der Waals surface area contributed by atoms with Crippen LogP contribution in [0.3, 0.4) is 0 Å². The Balaban J connectivity index is 1.98. The quantitative estimate of drug-likeness (QED) is 0.591. The lowest BCUT2D eigenvalue weighted by Crippen LogP contribution is -2.44. The van der Waals surface area contributed by atoms with Crippen molar-refractivity contribution in [1.29, 1.82) is 0 Å². The molecule has 2 fully saturated rings. The molecule has 0 aromatic heterocycles. The predicted octanol–water partition coefficient (Wildman–Crippen LogP) is -0.0968. The van der Waals surface area contributed by atoms with E-state index < -0.39 is 11.2 Å². The molecule has 0 aromatic carbocycles. The number of hydrogen-bond acceptors (Lipinski definition) is 4. The van der Waals surface area contributed by atoms with Crippen molar-refractivity contribution < 1.29 is 10.2 Å². The summed E-state index contributed by atoms with van der Waals surface area (Å²) in [6.45, 7) is 3.47. The van der Waals surface area contributed by atoms with Gasteiger partial charge in [0.05, 0.1) is 0 Å². The Morgan fingerprint density at radius 2 is 1.00 bits per heavy atom. The van der Waals surface area contributed by atoms with Crippen LogP contribution in [-0.4, -0.2) is 71.5 Å². The topological polar surface area (TPSA) is 46.9 Å². The van der Waals surface area contributed by atoms with Crippen molar-refractivity contribution in [1.82, 2.24) is 9.80 Å². The highest BCUT2D eigenvalue weighted by molar-refractivity contribution is 5.22. The molecule has 2 rings (SSSR count). The Labute approximate surface area is 110 Å². The Kier molecular flexibility index (Phi) is 3.98. The molecule has 2 aliphatic heterocycles. The SMILES string of the molecule is CN1CCC(O)(C#CC2(O)CCN(C)CC2)CC1. The normalized spacial score (nSPS) is 28.4. The first-order valence-electron chi connectivity index (χ1n) is 6.77. The van der Waals surface area contributed by atoms with E-state index >= 15 is 0 Å². The summed E-state index contributed by atoms with van der Waals surface area (Å²) < 4.78 is 0. The molecule has 0 aliphatic carbocycles. The molecule has 2 N–H and O–H groups in total. The molecule has 4 nitrogen and oxygen atoms in total. The van der Waals surface area contributed by atoms with Gasteiger partial charge in [-0.05, 0) is 14.1 Å². The molecule has 2 aliphatic rings. The van der Waals surface area contributed by atoms with E-state index in [1.54, 1.807) is 0 Å². The van der Waals surface area contributed by atoms with E-state index in [0.29, 0.717) is 25.7 Å². The van der Waals surface area contributed by atoms with Crippen LogP contribution in [0.15, 0.2) is 0 Å². The monoisotopic (exact) mass is 252 g/mol. The minimum absolute atomic E-state index is 0.673. The average Bonchev–Trinajstić information content (AvgIpc) is 2.36. The molecular formula is C14H24N2O2. The van der Waals surface area contributed by atoms with Crippen LogP contribution >= 0.6 is 0 Å². The molecule has 0 saturated carbocycles. The van der Waals surface area contributed by atoms with Gasteiger partial charge in [-0.2, -0.15) is 0 Å². The van der Waals surface area contributed by atoms with Gasteiger partial charge >= 0.3 is 0 Å². The molecule has 18 heavy (non-hydrogen) atoms. The predicted molar refractivity (Wildman–Crippen MR) is 71.1 cm³/mol. The molecule has 0 radical (unpaired) electrons. The number of aliphatic hydroxyl groups is 2. The Morgan fingerprint density at radius 1 is 0.722 bits per heavy atom. The van der Waals surface area contributed by atoms with E-state index in [9.17, 15) is 10.2 Å². The van der Waals surface area contributed by atoms with E-state index in [2.05, 4.69) is 35.7 Å². The van der Waals surface area contributed by atoms with Crippen molar-refractivity contribution in [2.75, 3.05) is 40.3 Å². The summed E-state index contributed by atoms with van der Waals surface area (Å²) in [6.07, 6.45) is 2.69. The van der Waals surface area contributed by atoms with Gasteiger partial charge in [0.2, 0.25) is 0 Å². The standard InChI is InChI=1S/C14H24N2O2/c1-15-9-5-13(17,6-10-15)3-4-14(18)7-11-16(2)12-8-14/h17-18H,5-12H2,1-2H3. The molecule has 102 valence electrons. The Bertz CT molecular complexity index is 311. The zero-order valence-corrected chi connectivity index (χ0v) is 11.4. The molecular weight excluding hydrogens is 228 g/mol. The van der Waals surface area contributed by atoms with E-state index in [1.165, 1.54) is 0 Å². The molecule has 0 amide bonds. The van der Waals surface area contributed by atoms with E-state index in [0.717, 1.165) is 26.2 Å². The Hall–Kier alpha value is -0.600.